The SMILES string of the molecule is CN(c1nc2ccccc2[nH]1)[C@@H]1CCN(C(=O)OC(C)(C)C)C1. The first-order valence-electron chi connectivity index (χ1n) is 7.99. The van der Waals surface area contributed by atoms with E-state index >= 15 is 0 Å². The average Bonchev–Trinajstić information content (AvgIpc) is 3.11. The highest BCUT2D eigenvalue weighted by Crippen LogP contribution is 2.23. The van der Waals surface area contributed by atoms with Crippen molar-refractivity contribution in [1.82, 2.24) is 14.9 Å². The molecule has 0 saturated carbocycles. The summed E-state index contributed by atoms with van der Waals surface area (Å²) in [4.78, 5) is 24.0. The molecule has 0 bridgehead atoms. The van der Waals surface area contributed by atoms with Crippen molar-refractivity contribution in [3.63, 3.8) is 0 Å². The number of hydrogen-bond acceptors (Lipinski definition) is 4. The van der Waals surface area contributed by atoms with Gasteiger partial charge in [-0.2, -0.15) is 0 Å². The minimum Gasteiger partial charge on any atom is -0.444 e. The number of ether oxygens (including phenoxy) is 1. The fourth-order valence-corrected chi connectivity index (χ4v) is 2.83. The molecule has 1 fully saturated rings. The first kappa shape index (κ1) is 15.6. The van der Waals surface area contributed by atoms with Crippen LogP contribution in [0.5, 0.6) is 0 Å². The molecule has 0 aliphatic carbocycles. The summed E-state index contributed by atoms with van der Waals surface area (Å²) in [5.41, 5.74) is 1.52. The number of aromatic nitrogens is 2. The summed E-state index contributed by atoms with van der Waals surface area (Å²) < 4.78 is 5.45. The Morgan fingerprint density at radius 3 is 2.83 bits per heavy atom. The zero-order valence-corrected chi connectivity index (χ0v) is 14.2. The number of carbonyl (C=O) groups excluding carboxylic acids is 1. The summed E-state index contributed by atoms with van der Waals surface area (Å²) in [6.07, 6.45) is 0.672. The van der Waals surface area contributed by atoms with Crippen molar-refractivity contribution in [1.29, 1.82) is 0 Å². The van der Waals surface area contributed by atoms with Gasteiger partial charge in [-0.3, -0.25) is 0 Å². The number of likely N-dealkylation sites (N-methyl/N-ethyl adjacent to an activating group) is 1. The fourth-order valence-electron chi connectivity index (χ4n) is 2.83. The molecule has 1 saturated heterocycles. The number of fused-ring (bicyclic) bond motifs is 1. The Balaban J connectivity index is 1.67. The molecule has 0 spiro atoms. The molecule has 1 aliphatic heterocycles. The summed E-state index contributed by atoms with van der Waals surface area (Å²) in [7, 11) is 2.01. The van der Waals surface area contributed by atoms with E-state index in [9.17, 15) is 4.79 Å². The summed E-state index contributed by atoms with van der Waals surface area (Å²) in [6.45, 7) is 7.03. The molecular weight excluding hydrogens is 292 g/mol. The van der Waals surface area contributed by atoms with Gasteiger partial charge in [-0.25, -0.2) is 9.78 Å². The van der Waals surface area contributed by atoms with E-state index in [0.29, 0.717) is 13.1 Å². The lowest BCUT2D eigenvalue weighted by Crippen LogP contribution is -2.39. The van der Waals surface area contributed by atoms with Crippen molar-refractivity contribution >= 4 is 23.1 Å². The van der Waals surface area contributed by atoms with Crippen molar-refractivity contribution in [2.24, 2.45) is 0 Å². The normalized spacial score (nSPS) is 18.4. The lowest BCUT2D eigenvalue weighted by Gasteiger charge is -2.26. The van der Waals surface area contributed by atoms with E-state index in [0.717, 1.165) is 23.4 Å². The zero-order chi connectivity index (χ0) is 16.6. The van der Waals surface area contributed by atoms with Crippen molar-refractivity contribution in [3.05, 3.63) is 24.3 Å². The maximum absolute atomic E-state index is 12.2. The van der Waals surface area contributed by atoms with Crippen LogP contribution in [-0.4, -0.2) is 52.7 Å². The largest absolute Gasteiger partial charge is 0.444 e. The Bertz CT molecular complexity index is 671. The third-order valence-electron chi connectivity index (χ3n) is 4.07. The molecule has 2 heterocycles. The van der Waals surface area contributed by atoms with Crippen LogP contribution in [0.2, 0.25) is 0 Å². The van der Waals surface area contributed by atoms with E-state index in [1.54, 1.807) is 4.90 Å². The van der Waals surface area contributed by atoms with E-state index in [4.69, 9.17) is 4.74 Å². The van der Waals surface area contributed by atoms with Crippen LogP contribution >= 0.6 is 0 Å². The Labute approximate surface area is 136 Å². The van der Waals surface area contributed by atoms with Crippen molar-refractivity contribution < 1.29 is 9.53 Å². The molecule has 23 heavy (non-hydrogen) atoms. The molecule has 1 amide bonds. The maximum Gasteiger partial charge on any atom is 0.410 e. The number of H-pyrrole nitrogens is 1. The van der Waals surface area contributed by atoms with Gasteiger partial charge >= 0.3 is 6.09 Å². The molecule has 6 nitrogen and oxygen atoms in total. The van der Waals surface area contributed by atoms with Gasteiger partial charge in [0.1, 0.15) is 5.60 Å². The fraction of sp³-hybridized carbons (Fsp3) is 0.529. The van der Waals surface area contributed by atoms with Crippen LogP contribution in [0, 0.1) is 0 Å². The molecule has 2 aromatic rings. The van der Waals surface area contributed by atoms with Gasteiger partial charge in [-0.1, -0.05) is 12.1 Å². The molecule has 1 aromatic carbocycles. The van der Waals surface area contributed by atoms with Gasteiger partial charge in [-0.15, -0.1) is 0 Å². The number of anilines is 1. The summed E-state index contributed by atoms with van der Waals surface area (Å²) in [5.74, 6) is 0.835. The van der Waals surface area contributed by atoms with Crippen molar-refractivity contribution in [2.75, 3.05) is 25.0 Å². The third-order valence-corrected chi connectivity index (χ3v) is 4.07. The highest BCUT2D eigenvalue weighted by molar-refractivity contribution is 5.77. The van der Waals surface area contributed by atoms with Crippen LogP contribution in [0.4, 0.5) is 10.7 Å². The lowest BCUT2D eigenvalue weighted by molar-refractivity contribution is 0.0292. The second-order valence-corrected chi connectivity index (χ2v) is 7.06. The first-order valence-corrected chi connectivity index (χ1v) is 7.99. The van der Waals surface area contributed by atoms with E-state index in [-0.39, 0.29) is 12.1 Å². The van der Waals surface area contributed by atoms with Gasteiger partial charge in [0.05, 0.1) is 17.1 Å². The summed E-state index contributed by atoms with van der Waals surface area (Å²) in [5, 5.41) is 0. The summed E-state index contributed by atoms with van der Waals surface area (Å²) >= 11 is 0. The highest BCUT2D eigenvalue weighted by Gasteiger charge is 2.32. The van der Waals surface area contributed by atoms with E-state index in [1.807, 2.05) is 52.1 Å². The predicted octanol–water partition coefficient (Wildman–Crippen LogP) is 3.01. The van der Waals surface area contributed by atoms with E-state index in [2.05, 4.69) is 14.9 Å². The monoisotopic (exact) mass is 316 g/mol. The molecule has 124 valence electrons. The third kappa shape index (κ3) is 3.41. The molecule has 0 unspecified atom stereocenters. The van der Waals surface area contributed by atoms with Crippen LogP contribution in [0.15, 0.2) is 24.3 Å². The van der Waals surface area contributed by atoms with Gasteiger partial charge in [0.15, 0.2) is 0 Å². The number of hydrogen-bond donors (Lipinski definition) is 1. The average molecular weight is 316 g/mol. The number of benzene rings is 1. The number of aromatic amines is 1. The van der Waals surface area contributed by atoms with Crippen LogP contribution in [0.3, 0.4) is 0 Å². The van der Waals surface area contributed by atoms with Crippen LogP contribution in [0.25, 0.3) is 11.0 Å². The van der Waals surface area contributed by atoms with Crippen LogP contribution in [0.1, 0.15) is 27.2 Å². The smallest absolute Gasteiger partial charge is 0.410 e. The molecule has 6 heteroatoms. The van der Waals surface area contributed by atoms with Gasteiger partial charge < -0.3 is 19.5 Å². The second-order valence-electron chi connectivity index (χ2n) is 7.06. The standard InChI is InChI=1S/C17H24N4O2/c1-17(2,3)23-16(22)21-10-9-12(11-21)20(4)15-18-13-7-5-6-8-14(13)19-15/h5-8,12H,9-11H2,1-4H3,(H,18,19)/t12-/m1/s1. The van der Waals surface area contributed by atoms with E-state index in [1.165, 1.54) is 0 Å². The molecule has 1 N–H and O–H groups in total. The van der Waals surface area contributed by atoms with Crippen molar-refractivity contribution in [2.45, 2.75) is 38.8 Å². The van der Waals surface area contributed by atoms with Gasteiger partial charge in [-0.05, 0) is 39.3 Å². The quantitative estimate of drug-likeness (QED) is 0.925. The minimum atomic E-state index is -0.459. The highest BCUT2D eigenvalue weighted by atomic mass is 16.6. The number of rotatable bonds is 2. The van der Waals surface area contributed by atoms with Crippen molar-refractivity contribution in [3.8, 4) is 0 Å². The Hall–Kier alpha value is -2.24. The molecule has 1 aliphatic rings. The maximum atomic E-state index is 12.2. The Kier molecular flexibility index (Phi) is 3.92. The van der Waals surface area contributed by atoms with Crippen LogP contribution in [-0.2, 0) is 4.74 Å². The molecule has 3 rings (SSSR count). The number of para-hydroxylation sites is 2. The molecule has 0 radical (unpaired) electrons. The van der Waals surface area contributed by atoms with Gasteiger partial charge in [0.2, 0.25) is 5.95 Å². The summed E-state index contributed by atoms with van der Waals surface area (Å²) in [6, 6.07) is 8.21. The molecule has 1 atom stereocenters. The first-order chi connectivity index (χ1) is 10.8. The van der Waals surface area contributed by atoms with E-state index < -0.39 is 5.60 Å². The minimum absolute atomic E-state index is 0.238. The number of nitrogens with one attached hydrogen (secondary N) is 1. The Morgan fingerprint density at radius 1 is 1.39 bits per heavy atom. The lowest BCUT2D eigenvalue weighted by atomic mass is 10.2. The topological polar surface area (TPSA) is 61.5 Å². The number of likely N-dealkylation sites (tertiary alicyclic amines) is 1. The number of imidazole rings is 1. The molecule has 1 aromatic heterocycles. The Morgan fingerprint density at radius 2 is 2.13 bits per heavy atom. The van der Waals surface area contributed by atoms with Gasteiger partial charge in [0, 0.05) is 20.1 Å². The van der Waals surface area contributed by atoms with Crippen LogP contribution < -0.4 is 4.90 Å². The second kappa shape index (κ2) is 5.76. The van der Waals surface area contributed by atoms with Gasteiger partial charge in [0.25, 0.3) is 0 Å². The zero-order valence-electron chi connectivity index (χ0n) is 14.2. The molecular formula is C17H24N4O2. The number of carbonyl (C=O) groups is 1. The number of amides is 1. The predicted molar refractivity (Wildman–Crippen MR) is 90.7 cm³/mol. The number of nitrogens with zero attached hydrogens (tertiary/aromatic N) is 3.